The molecule has 0 atom stereocenters. The van der Waals surface area contributed by atoms with E-state index in [1.807, 2.05) is 0 Å². The molecular weight excluding hydrogens is 229 g/mol. The van der Waals surface area contributed by atoms with Crippen molar-refractivity contribution in [2.45, 2.75) is 50.5 Å². The van der Waals surface area contributed by atoms with E-state index < -0.39 is 0 Å². The zero-order chi connectivity index (χ0) is 13.0. The van der Waals surface area contributed by atoms with Crippen molar-refractivity contribution >= 4 is 5.78 Å². The van der Waals surface area contributed by atoms with Crippen LogP contribution in [0.1, 0.15) is 44.1 Å². The van der Waals surface area contributed by atoms with E-state index in [0.29, 0.717) is 6.42 Å². The number of carbonyl (C=O) groups is 1. The molecule has 0 aliphatic heterocycles. The number of nitrogens with two attached hydrogens (primary N) is 1. The summed E-state index contributed by atoms with van der Waals surface area (Å²) in [7, 11) is 0. The van der Waals surface area contributed by atoms with Gasteiger partial charge in [-0.25, -0.2) is 4.39 Å². The van der Waals surface area contributed by atoms with Crippen LogP contribution in [0, 0.1) is 5.82 Å². The molecule has 18 heavy (non-hydrogen) atoms. The topological polar surface area (TPSA) is 43.1 Å². The number of hydrogen-bond acceptors (Lipinski definition) is 2. The van der Waals surface area contributed by atoms with Gasteiger partial charge in [-0.3, -0.25) is 4.79 Å². The minimum absolute atomic E-state index is 0.116. The quantitative estimate of drug-likeness (QED) is 0.891. The van der Waals surface area contributed by atoms with Gasteiger partial charge in [-0.2, -0.15) is 0 Å². The predicted octanol–water partition coefficient (Wildman–Crippen LogP) is 2.99. The van der Waals surface area contributed by atoms with Gasteiger partial charge in [-0.1, -0.05) is 31.4 Å². The maximum atomic E-state index is 13.0. The molecule has 0 radical (unpaired) electrons. The van der Waals surface area contributed by atoms with Crippen molar-refractivity contribution in [3.63, 3.8) is 0 Å². The first kappa shape index (κ1) is 13.2. The highest BCUT2D eigenvalue weighted by molar-refractivity contribution is 5.82. The Labute approximate surface area is 107 Å². The van der Waals surface area contributed by atoms with Gasteiger partial charge in [0, 0.05) is 18.4 Å². The van der Waals surface area contributed by atoms with Gasteiger partial charge in [0.05, 0.1) is 0 Å². The van der Waals surface area contributed by atoms with Gasteiger partial charge in [0.15, 0.2) is 0 Å². The Hall–Kier alpha value is -1.22. The van der Waals surface area contributed by atoms with Crippen molar-refractivity contribution in [3.05, 3.63) is 35.6 Å². The average molecular weight is 249 g/mol. The Bertz CT molecular complexity index is 424. The lowest BCUT2D eigenvalue weighted by molar-refractivity contribution is -0.119. The third-order valence-electron chi connectivity index (χ3n) is 3.69. The number of Topliss-reactive ketones (excluding diaryl/α,β-unsaturated/α-hetero) is 1. The van der Waals surface area contributed by atoms with E-state index in [1.54, 1.807) is 12.1 Å². The highest BCUT2D eigenvalue weighted by Gasteiger charge is 2.29. The zero-order valence-electron chi connectivity index (χ0n) is 10.6. The van der Waals surface area contributed by atoms with Crippen molar-refractivity contribution < 1.29 is 9.18 Å². The molecule has 0 amide bonds. The minimum Gasteiger partial charge on any atom is -0.325 e. The number of benzene rings is 1. The Morgan fingerprint density at radius 2 is 2.00 bits per heavy atom. The Morgan fingerprint density at radius 3 is 2.67 bits per heavy atom. The highest BCUT2D eigenvalue weighted by atomic mass is 19.1. The van der Waals surface area contributed by atoms with Crippen LogP contribution in [-0.4, -0.2) is 11.3 Å². The van der Waals surface area contributed by atoms with Crippen LogP contribution in [0.4, 0.5) is 4.39 Å². The first-order valence-corrected chi connectivity index (χ1v) is 6.62. The van der Waals surface area contributed by atoms with Crippen molar-refractivity contribution in [3.8, 4) is 0 Å². The summed E-state index contributed by atoms with van der Waals surface area (Å²) in [6.45, 7) is 0. The molecule has 0 bridgehead atoms. The molecule has 0 saturated heterocycles. The molecule has 1 saturated carbocycles. The van der Waals surface area contributed by atoms with Gasteiger partial charge >= 0.3 is 0 Å². The maximum Gasteiger partial charge on any atom is 0.139 e. The summed E-state index contributed by atoms with van der Waals surface area (Å²) in [5.41, 5.74) is 6.67. The van der Waals surface area contributed by atoms with E-state index in [9.17, 15) is 9.18 Å². The van der Waals surface area contributed by atoms with Crippen molar-refractivity contribution in [2.75, 3.05) is 0 Å². The summed E-state index contributed by atoms with van der Waals surface area (Å²) in [6.07, 6.45) is 6.02. The summed E-state index contributed by atoms with van der Waals surface area (Å²) in [6, 6.07) is 6.23. The van der Waals surface area contributed by atoms with E-state index in [4.69, 9.17) is 5.73 Å². The predicted molar refractivity (Wildman–Crippen MR) is 69.7 cm³/mol. The van der Waals surface area contributed by atoms with E-state index in [-0.39, 0.29) is 23.6 Å². The fourth-order valence-electron chi connectivity index (χ4n) is 2.76. The molecule has 1 aromatic carbocycles. The SMILES string of the molecule is NC1(CC(=O)Cc2cccc(F)c2)CCCCC1. The largest absolute Gasteiger partial charge is 0.325 e. The van der Waals surface area contributed by atoms with Gasteiger partial charge < -0.3 is 5.73 Å². The van der Waals surface area contributed by atoms with Crippen LogP contribution in [0.5, 0.6) is 0 Å². The standard InChI is InChI=1S/C15H20FNO/c16-13-6-4-5-12(9-13)10-14(18)11-15(17)7-2-1-3-8-15/h4-6,9H,1-3,7-8,10-11,17H2. The molecule has 1 aliphatic rings. The van der Waals surface area contributed by atoms with Gasteiger partial charge in [-0.15, -0.1) is 0 Å². The molecule has 2 N–H and O–H groups in total. The lowest BCUT2D eigenvalue weighted by Gasteiger charge is -2.32. The second kappa shape index (κ2) is 5.61. The Kier molecular flexibility index (Phi) is 4.12. The summed E-state index contributed by atoms with van der Waals surface area (Å²) >= 11 is 0. The normalized spacial score (nSPS) is 18.6. The fraction of sp³-hybridized carbons (Fsp3) is 0.533. The van der Waals surface area contributed by atoms with E-state index in [2.05, 4.69) is 0 Å². The average Bonchev–Trinajstić information content (AvgIpc) is 2.28. The van der Waals surface area contributed by atoms with E-state index in [0.717, 1.165) is 31.2 Å². The van der Waals surface area contributed by atoms with Crippen LogP contribution < -0.4 is 5.73 Å². The molecule has 2 rings (SSSR count). The summed E-state index contributed by atoms with van der Waals surface area (Å²) < 4.78 is 13.0. The number of carbonyl (C=O) groups excluding carboxylic acids is 1. The molecule has 0 aromatic heterocycles. The van der Waals surface area contributed by atoms with E-state index >= 15 is 0 Å². The first-order chi connectivity index (χ1) is 8.57. The van der Waals surface area contributed by atoms with Gasteiger partial charge in [0.1, 0.15) is 11.6 Å². The molecule has 0 spiro atoms. The van der Waals surface area contributed by atoms with Crippen LogP contribution in [0.2, 0.25) is 0 Å². The first-order valence-electron chi connectivity index (χ1n) is 6.62. The number of hydrogen-bond donors (Lipinski definition) is 1. The second-order valence-electron chi connectivity index (χ2n) is 5.45. The van der Waals surface area contributed by atoms with Gasteiger partial charge in [0.2, 0.25) is 0 Å². The van der Waals surface area contributed by atoms with Crippen LogP contribution in [0.15, 0.2) is 24.3 Å². The smallest absolute Gasteiger partial charge is 0.139 e. The second-order valence-corrected chi connectivity index (χ2v) is 5.45. The summed E-state index contributed by atoms with van der Waals surface area (Å²) in [4.78, 5) is 12.0. The van der Waals surface area contributed by atoms with Crippen LogP contribution in [0.3, 0.4) is 0 Å². The van der Waals surface area contributed by atoms with Crippen molar-refractivity contribution in [2.24, 2.45) is 5.73 Å². The van der Waals surface area contributed by atoms with Gasteiger partial charge in [0.25, 0.3) is 0 Å². The van der Waals surface area contributed by atoms with Crippen LogP contribution >= 0.6 is 0 Å². The molecule has 98 valence electrons. The minimum atomic E-state index is -0.317. The molecule has 1 fully saturated rings. The lowest BCUT2D eigenvalue weighted by Crippen LogP contribution is -2.43. The number of halogens is 1. The fourth-order valence-corrected chi connectivity index (χ4v) is 2.76. The highest BCUT2D eigenvalue weighted by Crippen LogP contribution is 2.29. The Balaban J connectivity index is 1.92. The zero-order valence-corrected chi connectivity index (χ0v) is 10.6. The van der Waals surface area contributed by atoms with Crippen LogP contribution in [-0.2, 0) is 11.2 Å². The molecule has 0 heterocycles. The van der Waals surface area contributed by atoms with Crippen molar-refractivity contribution in [1.82, 2.24) is 0 Å². The van der Waals surface area contributed by atoms with E-state index in [1.165, 1.54) is 18.6 Å². The number of rotatable bonds is 4. The third kappa shape index (κ3) is 3.64. The monoisotopic (exact) mass is 249 g/mol. The maximum absolute atomic E-state index is 13.0. The Morgan fingerprint density at radius 1 is 1.28 bits per heavy atom. The van der Waals surface area contributed by atoms with Crippen molar-refractivity contribution in [1.29, 1.82) is 0 Å². The molecule has 2 nitrogen and oxygen atoms in total. The molecular formula is C15H20FNO. The van der Waals surface area contributed by atoms with Crippen LogP contribution in [0.25, 0.3) is 0 Å². The molecule has 1 aliphatic carbocycles. The van der Waals surface area contributed by atoms with Gasteiger partial charge in [-0.05, 0) is 30.5 Å². The molecule has 3 heteroatoms. The number of ketones is 1. The third-order valence-corrected chi connectivity index (χ3v) is 3.69. The summed E-state index contributed by atoms with van der Waals surface area (Å²) in [5, 5.41) is 0. The summed E-state index contributed by atoms with van der Waals surface area (Å²) in [5.74, 6) is -0.176. The molecule has 0 unspecified atom stereocenters. The molecule has 1 aromatic rings. The lowest BCUT2D eigenvalue weighted by atomic mass is 9.78.